The molecule has 0 amide bonds. The second-order valence-electron chi connectivity index (χ2n) is 5.31. The number of nitrogens with one attached hydrogen (secondary N) is 2. The molecule has 2 N–H and O–H groups in total. The van der Waals surface area contributed by atoms with Crippen molar-refractivity contribution in [1.29, 1.82) is 0 Å². The van der Waals surface area contributed by atoms with Gasteiger partial charge in [0.15, 0.2) is 5.96 Å². The Balaban J connectivity index is 1.90. The van der Waals surface area contributed by atoms with Crippen molar-refractivity contribution in [3.05, 3.63) is 46.9 Å². The molecule has 0 aliphatic rings. The second-order valence-corrected chi connectivity index (χ2v) is 7.86. The molecule has 2 rings (SSSR count). The van der Waals surface area contributed by atoms with Gasteiger partial charge in [0, 0.05) is 39.1 Å². The Kier molecular flexibility index (Phi) is 7.35. The summed E-state index contributed by atoms with van der Waals surface area (Å²) in [5.41, 5.74) is 1.22. The van der Waals surface area contributed by atoms with E-state index in [0.29, 0.717) is 6.54 Å². The molecule has 0 spiro atoms. The van der Waals surface area contributed by atoms with E-state index in [2.05, 4.69) is 31.5 Å². The standard InChI is InChI=1S/C16H23N5O2S2/c1-3-18-16(21(2)12-14-6-10-24-13-14)19-8-9-20-25(22,23)15-5-4-7-17-11-15/h4-7,10-11,13,20H,3,8-9,12H2,1-2H3,(H,18,19). The number of pyridine rings is 1. The molecule has 136 valence electrons. The van der Waals surface area contributed by atoms with Gasteiger partial charge < -0.3 is 10.2 Å². The van der Waals surface area contributed by atoms with E-state index < -0.39 is 10.0 Å². The summed E-state index contributed by atoms with van der Waals surface area (Å²) in [5.74, 6) is 0.745. The summed E-state index contributed by atoms with van der Waals surface area (Å²) < 4.78 is 26.8. The third kappa shape index (κ3) is 6.11. The van der Waals surface area contributed by atoms with Gasteiger partial charge in [-0.05, 0) is 41.4 Å². The summed E-state index contributed by atoms with van der Waals surface area (Å²) >= 11 is 1.66. The fourth-order valence-electron chi connectivity index (χ4n) is 2.13. The molecule has 0 radical (unpaired) electrons. The number of thiophene rings is 1. The van der Waals surface area contributed by atoms with Crippen LogP contribution in [-0.2, 0) is 16.6 Å². The molecule has 0 aliphatic carbocycles. The maximum atomic E-state index is 12.1. The first-order valence-corrected chi connectivity index (χ1v) is 10.4. The fourth-order valence-corrected chi connectivity index (χ4v) is 3.78. The highest BCUT2D eigenvalue weighted by molar-refractivity contribution is 7.89. The van der Waals surface area contributed by atoms with Crippen LogP contribution in [0.15, 0.2) is 51.2 Å². The topological polar surface area (TPSA) is 86.7 Å². The van der Waals surface area contributed by atoms with E-state index in [0.717, 1.165) is 19.0 Å². The smallest absolute Gasteiger partial charge is 0.242 e. The van der Waals surface area contributed by atoms with Crippen molar-refractivity contribution in [3.63, 3.8) is 0 Å². The minimum absolute atomic E-state index is 0.153. The van der Waals surface area contributed by atoms with E-state index in [1.54, 1.807) is 17.4 Å². The van der Waals surface area contributed by atoms with Gasteiger partial charge in [0.25, 0.3) is 0 Å². The fraction of sp³-hybridized carbons (Fsp3) is 0.375. The molecule has 9 heteroatoms. The summed E-state index contributed by atoms with van der Waals surface area (Å²) in [6, 6.07) is 5.18. The molecular weight excluding hydrogens is 358 g/mol. The van der Waals surface area contributed by atoms with E-state index in [9.17, 15) is 8.42 Å². The molecular formula is C16H23N5O2S2. The van der Waals surface area contributed by atoms with Crippen LogP contribution in [0.2, 0.25) is 0 Å². The zero-order valence-electron chi connectivity index (χ0n) is 14.3. The normalized spacial score (nSPS) is 12.2. The maximum absolute atomic E-state index is 12.1. The summed E-state index contributed by atoms with van der Waals surface area (Å²) in [6.07, 6.45) is 2.86. The molecule has 0 saturated carbocycles. The van der Waals surface area contributed by atoms with Gasteiger partial charge in [-0.15, -0.1) is 0 Å². The lowest BCUT2D eigenvalue weighted by atomic mass is 10.3. The number of guanidine groups is 1. The molecule has 2 aromatic heterocycles. The van der Waals surface area contributed by atoms with E-state index in [4.69, 9.17) is 0 Å². The van der Waals surface area contributed by atoms with E-state index in [1.807, 2.05) is 24.3 Å². The monoisotopic (exact) mass is 381 g/mol. The summed E-state index contributed by atoms with van der Waals surface area (Å²) in [7, 11) is -1.59. The van der Waals surface area contributed by atoms with Gasteiger partial charge in [-0.3, -0.25) is 9.98 Å². The average Bonchev–Trinajstić information content (AvgIpc) is 3.11. The lowest BCUT2D eigenvalue weighted by Crippen LogP contribution is -2.39. The average molecular weight is 382 g/mol. The molecule has 25 heavy (non-hydrogen) atoms. The third-order valence-corrected chi connectivity index (χ3v) is 5.48. The molecule has 7 nitrogen and oxygen atoms in total. The van der Waals surface area contributed by atoms with Gasteiger partial charge in [-0.1, -0.05) is 0 Å². The Bertz CT molecular complexity index is 761. The highest BCUT2D eigenvalue weighted by Crippen LogP contribution is 2.08. The molecule has 0 unspecified atom stereocenters. The molecule has 2 heterocycles. The van der Waals surface area contributed by atoms with Crippen LogP contribution in [0.1, 0.15) is 12.5 Å². The quantitative estimate of drug-likeness (QED) is 0.411. The highest BCUT2D eigenvalue weighted by Gasteiger charge is 2.13. The van der Waals surface area contributed by atoms with E-state index in [1.165, 1.54) is 24.0 Å². The van der Waals surface area contributed by atoms with Crippen LogP contribution in [0.4, 0.5) is 0 Å². The van der Waals surface area contributed by atoms with Crippen molar-refractivity contribution in [3.8, 4) is 0 Å². The van der Waals surface area contributed by atoms with Crippen molar-refractivity contribution in [2.75, 3.05) is 26.7 Å². The summed E-state index contributed by atoms with van der Waals surface area (Å²) in [6.45, 7) is 4.05. The number of aromatic nitrogens is 1. The first-order chi connectivity index (χ1) is 12.0. The lowest BCUT2D eigenvalue weighted by molar-refractivity contribution is 0.477. The van der Waals surface area contributed by atoms with Crippen LogP contribution in [0.3, 0.4) is 0 Å². The van der Waals surface area contributed by atoms with Crippen molar-refractivity contribution < 1.29 is 8.42 Å². The molecule has 0 bridgehead atoms. The third-order valence-electron chi connectivity index (χ3n) is 3.31. The van der Waals surface area contributed by atoms with Crippen LogP contribution >= 0.6 is 11.3 Å². The second kappa shape index (κ2) is 9.50. The minimum Gasteiger partial charge on any atom is -0.357 e. The Labute approximate surface area is 152 Å². The molecule has 0 aromatic carbocycles. The van der Waals surface area contributed by atoms with E-state index in [-0.39, 0.29) is 11.4 Å². The number of rotatable bonds is 8. The number of sulfonamides is 1. The highest BCUT2D eigenvalue weighted by atomic mass is 32.2. The first-order valence-electron chi connectivity index (χ1n) is 7.93. The number of nitrogens with zero attached hydrogens (tertiary/aromatic N) is 3. The Hall–Kier alpha value is -1.97. The Morgan fingerprint density at radius 1 is 1.40 bits per heavy atom. The lowest BCUT2D eigenvalue weighted by Gasteiger charge is -2.21. The van der Waals surface area contributed by atoms with Crippen LogP contribution in [0.25, 0.3) is 0 Å². The van der Waals surface area contributed by atoms with E-state index >= 15 is 0 Å². The van der Waals surface area contributed by atoms with Crippen molar-refractivity contribution >= 4 is 27.3 Å². The largest absolute Gasteiger partial charge is 0.357 e. The maximum Gasteiger partial charge on any atom is 0.242 e. The predicted octanol–water partition coefficient (Wildman–Crippen LogP) is 1.52. The van der Waals surface area contributed by atoms with Crippen molar-refractivity contribution in [1.82, 2.24) is 19.9 Å². The van der Waals surface area contributed by atoms with Gasteiger partial charge in [0.05, 0.1) is 6.54 Å². The number of hydrogen-bond acceptors (Lipinski definition) is 5. The minimum atomic E-state index is -3.55. The molecule has 0 saturated heterocycles. The van der Waals surface area contributed by atoms with Crippen LogP contribution in [0.5, 0.6) is 0 Å². The number of hydrogen-bond donors (Lipinski definition) is 2. The predicted molar refractivity (Wildman–Crippen MR) is 101 cm³/mol. The number of aliphatic imine (C=N–C) groups is 1. The Morgan fingerprint density at radius 3 is 2.88 bits per heavy atom. The summed E-state index contributed by atoms with van der Waals surface area (Å²) in [5, 5.41) is 7.36. The first kappa shape index (κ1) is 19.4. The molecule has 2 aromatic rings. The van der Waals surface area contributed by atoms with Crippen LogP contribution in [0, 0.1) is 0 Å². The van der Waals surface area contributed by atoms with Gasteiger partial charge >= 0.3 is 0 Å². The van der Waals surface area contributed by atoms with Gasteiger partial charge in [0.1, 0.15) is 4.90 Å². The Morgan fingerprint density at radius 2 is 2.24 bits per heavy atom. The van der Waals surface area contributed by atoms with Crippen molar-refractivity contribution in [2.24, 2.45) is 4.99 Å². The van der Waals surface area contributed by atoms with Gasteiger partial charge in [-0.2, -0.15) is 11.3 Å². The molecule has 0 fully saturated rings. The SMILES string of the molecule is CCNC(=NCCNS(=O)(=O)c1cccnc1)N(C)Cc1ccsc1. The molecule has 0 atom stereocenters. The van der Waals surface area contributed by atoms with Crippen LogP contribution < -0.4 is 10.0 Å². The zero-order chi connectivity index (χ0) is 18.1. The van der Waals surface area contributed by atoms with Crippen molar-refractivity contribution in [2.45, 2.75) is 18.4 Å². The van der Waals surface area contributed by atoms with Gasteiger partial charge in [-0.25, -0.2) is 13.1 Å². The van der Waals surface area contributed by atoms with Crippen LogP contribution in [-0.4, -0.2) is 50.9 Å². The zero-order valence-corrected chi connectivity index (χ0v) is 16.0. The summed E-state index contributed by atoms with van der Waals surface area (Å²) in [4.78, 5) is 10.5. The van der Waals surface area contributed by atoms with Gasteiger partial charge in [0.2, 0.25) is 10.0 Å². The molecule has 0 aliphatic heterocycles.